The first-order valence-electron chi connectivity index (χ1n) is 8.98. The molecule has 0 saturated heterocycles. The van der Waals surface area contributed by atoms with Crippen molar-refractivity contribution in [3.63, 3.8) is 0 Å². The number of amides is 1. The van der Waals surface area contributed by atoms with E-state index in [1.165, 1.54) is 14.2 Å². The molecule has 1 atom stereocenters. The molecular weight excluding hydrogens is 392 g/mol. The first-order chi connectivity index (χ1) is 14.4. The Morgan fingerprint density at radius 2 is 1.87 bits per heavy atom. The molecule has 0 aliphatic heterocycles. The zero-order chi connectivity index (χ0) is 21.7. The number of hydrogen-bond acceptors (Lipinski definition) is 7. The van der Waals surface area contributed by atoms with E-state index in [0.29, 0.717) is 28.0 Å². The highest BCUT2D eigenvalue weighted by Crippen LogP contribution is 2.31. The molecule has 2 aromatic carbocycles. The highest BCUT2D eigenvalue weighted by atomic mass is 16.5. The second kappa shape index (κ2) is 9.03. The Morgan fingerprint density at radius 1 is 1.13 bits per heavy atom. The van der Waals surface area contributed by atoms with Gasteiger partial charge in [0, 0.05) is 0 Å². The van der Waals surface area contributed by atoms with Crippen LogP contribution in [0.4, 0.5) is 0 Å². The van der Waals surface area contributed by atoms with Gasteiger partial charge in [0.1, 0.15) is 12.1 Å². The van der Waals surface area contributed by atoms with Crippen molar-refractivity contribution in [1.82, 2.24) is 20.3 Å². The molecule has 156 valence electrons. The number of ether oxygens (including phenoxy) is 2. The second-order valence-corrected chi connectivity index (χ2v) is 6.40. The fourth-order valence-electron chi connectivity index (χ4n) is 3.00. The lowest BCUT2D eigenvalue weighted by atomic mass is 10.0. The Morgan fingerprint density at radius 3 is 2.57 bits per heavy atom. The number of carbonyl (C=O) groups excluding carboxylic acids is 1. The number of aliphatic carboxylic acids is 1. The van der Waals surface area contributed by atoms with E-state index in [-0.39, 0.29) is 6.42 Å². The minimum atomic E-state index is -1.10. The minimum absolute atomic E-state index is 0.335. The summed E-state index contributed by atoms with van der Waals surface area (Å²) in [6, 6.07) is 10.7. The van der Waals surface area contributed by atoms with E-state index in [2.05, 4.69) is 15.6 Å². The van der Waals surface area contributed by atoms with Gasteiger partial charge in [-0.3, -0.25) is 14.4 Å². The van der Waals surface area contributed by atoms with Crippen LogP contribution in [0.1, 0.15) is 18.0 Å². The Hall–Kier alpha value is -3.95. The first-order valence-corrected chi connectivity index (χ1v) is 8.98. The molecule has 0 unspecified atom stereocenters. The number of carbonyl (C=O) groups is 2. The van der Waals surface area contributed by atoms with Gasteiger partial charge in [-0.25, -0.2) is 4.68 Å². The Kier molecular flexibility index (Phi) is 6.26. The zero-order valence-corrected chi connectivity index (χ0v) is 16.4. The van der Waals surface area contributed by atoms with Crippen LogP contribution in [0.5, 0.6) is 11.5 Å². The highest BCUT2D eigenvalue weighted by Gasteiger charge is 2.21. The first kappa shape index (κ1) is 20.8. The molecule has 0 saturated carbocycles. The van der Waals surface area contributed by atoms with Crippen LogP contribution in [0.15, 0.2) is 47.3 Å². The zero-order valence-electron chi connectivity index (χ0n) is 16.4. The van der Waals surface area contributed by atoms with Gasteiger partial charge in [0.05, 0.1) is 32.1 Å². The minimum Gasteiger partial charge on any atom is -0.493 e. The molecule has 1 amide bonds. The Labute approximate surface area is 171 Å². The largest absolute Gasteiger partial charge is 0.493 e. The molecule has 0 spiro atoms. The van der Waals surface area contributed by atoms with Gasteiger partial charge in [-0.05, 0) is 29.8 Å². The molecule has 1 heterocycles. The van der Waals surface area contributed by atoms with E-state index in [1.807, 2.05) is 0 Å². The van der Waals surface area contributed by atoms with E-state index < -0.39 is 30.0 Å². The number of hydrogen-bond donors (Lipinski definition) is 2. The van der Waals surface area contributed by atoms with Gasteiger partial charge in [-0.15, -0.1) is 5.10 Å². The third kappa shape index (κ3) is 4.54. The Balaban J connectivity index is 1.83. The molecule has 10 heteroatoms. The van der Waals surface area contributed by atoms with Gasteiger partial charge in [0.2, 0.25) is 5.91 Å². The molecule has 0 radical (unpaired) electrons. The van der Waals surface area contributed by atoms with Crippen LogP contribution in [0.25, 0.3) is 10.9 Å². The summed E-state index contributed by atoms with van der Waals surface area (Å²) in [4.78, 5) is 36.4. The van der Waals surface area contributed by atoms with E-state index in [1.54, 1.807) is 42.5 Å². The monoisotopic (exact) mass is 412 g/mol. The average Bonchev–Trinajstić information content (AvgIpc) is 2.74. The van der Waals surface area contributed by atoms with E-state index in [0.717, 1.165) is 4.68 Å². The van der Waals surface area contributed by atoms with E-state index in [4.69, 9.17) is 9.47 Å². The van der Waals surface area contributed by atoms with Crippen molar-refractivity contribution in [3.8, 4) is 11.5 Å². The maximum absolute atomic E-state index is 12.6. The maximum atomic E-state index is 12.6. The smallest absolute Gasteiger partial charge is 0.305 e. The average molecular weight is 412 g/mol. The van der Waals surface area contributed by atoms with Crippen molar-refractivity contribution < 1.29 is 24.2 Å². The lowest BCUT2D eigenvalue weighted by molar-refractivity contribution is -0.137. The van der Waals surface area contributed by atoms with E-state index in [9.17, 15) is 19.5 Å². The molecule has 0 bridgehead atoms. The number of fused-ring (bicyclic) bond motifs is 1. The van der Waals surface area contributed by atoms with Crippen LogP contribution in [0, 0.1) is 0 Å². The SMILES string of the molecule is COc1ccc([C@@H](CC(=O)O)NC(=O)Cn2nnc3ccccc3c2=O)cc1OC. The van der Waals surface area contributed by atoms with E-state index >= 15 is 0 Å². The molecule has 0 fully saturated rings. The summed E-state index contributed by atoms with van der Waals surface area (Å²) in [6.45, 7) is -0.403. The van der Waals surface area contributed by atoms with Crippen molar-refractivity contribution in [2.24, 2.45) is 0 Å². The summed E-state index contributed by atoms with van der Waals surface area (Å²) in [5, 5.41) is 19.9. The van der Waals surface area contributed by atoms with Gasteiger partial charge in [0.15, 0.2) is 11.5 Å². The summed E-state index contributed by atoms with van der Waals surface area (Å²) in [6.07, 6.45) is -0.362. The summed E-state index contributed by atoms with van der Waals surface area (Å²) in [7, 11) is 2.94. The second-order valence-electron chi connectivity index (χ2n) is 6.40. The van der Waals surface area contributed by atoms with Gasteiger partial charge in [0.25, 0.3) is 5.56 Å². The normalized spacial score (nSPS) is 11.7. The lowest BCUT2D eigenvalue weighted by Crippen LogP contribution is -2.36. The fraction of sp³-hybridized carbons (Fsp3) is 0.250. The lowest BCUT2D eigenvalue weighted by Gasteiger charge is -2.19. The number of nitrogens with one attached hydrogen (secondary N) is 1. The summed E-state index contributed by atoms with van der Waals surface area (Å²) < 4.78 is 11.4. The molecule has 0 aliphatic carbocycles. The molecule has 10 nitrogen and oxygen atoms in total. The van der Waals surface area contributed by atoms with Crippen molar-refractivity contribution in [2.45, 2.75) is 19.0 Å². The fourth-order valence-corrected chi connectivity index (χ4v) is 3.00. The van der Waals surface area contributed by atoms with Gasteiger partial charge >= 0.3 is 5.97 Å². The number of carboxylic acids is 1. The Bertz CT molecular complexity index is 1140. The highest BCUT2D eigenvalue weighted by molar-refractivity contribution is 5.79. The van der Waals surface area contributed by atoms with Crippen LogP contribution in [0.3, 0.4) is 0 Å². The topological polar surface area (TPSA) is 133 Å². The quantitative estimate of drug-likeness (QED) is 0.563. The van der Waals surface area contributed by atoms with Crippen molar-refractivity contribution in [3.05, 3.63) is 58.4 Å². The molecule has 0 aliphatic rings. The number of nitrogens with zero attached hydrogens (tertiary/aromatic N) is 3. The van der Waals surface area contributed by atoms with Crippen molar-refractivity contribution in [2.75, 3.05) is 14.2 Å². The molecule has 3 aromatic rings. The van der Waals surface area contributed by atoms with Crippen LogP contribution in [-0.4, -0.2) is 46.2 Å². The standard InChI is InChI=1S/C20H20N4O6/c1-29-16-8-7-12(9-17(16)30-2)15(10-19(26)27)21-18(25)11-24-20(28)13-5-3-4-6-14(13)22-23-24/h3-9,15H,10-11H2,1-2H3,(H,21,25)(H,26,27)/t15-/m1/s1. The van der Waals surface area contributed by atoms with Crippen LogP contribution in [-0.2, 0) is 16.1 Å². The third-order valence-corrected chi connectivity index (χ3v) is 4.45. The molecule has 30 heavy (non-hydrogen) atoms. The van der Waals surface area contributed by atoms with Gasteiger partial charge in [-0.1, -0.05) is 23.4 Å². The number of methoxy groups -OCH3 is 2. The number of aromatic nitrogens is 3. The molecule has 1 aromatic heterocycles. The van der Waals surface area contributed by atoms with Crippen molar-refractivity contribution >= 4 is 22.8 Å². The number of benzene rings is 2. The van der Waals surface area contributed by atoms with Gasteiger partial charge in [-0.2, -0.15) is 0 Å². The maximum Gasteiger partial charge on any atom is 0.305 e. The summed E-state index contributed by atoms with van der Waals surface area (Å²) in [5.41, 5.74) is 0.477. The molecular formula is C20H20N4O6. The van der Waals surface area contributed by atoms with Crippen LogP contribution >= 0.6 is 0 Å². The molecule has 2 N–H and O–H groups in total. The summed E-state index contributed by atoms with van der Waals surface area (Å²) >= 11 is 0. The van der Waals surface area contributed by atoms with Gasteiger partial charge < -0.3 is 19.9 Å². The molecule has 3 rings (SSSR count). The van der Waals surface area contributed by atoms with Crippen molar-refractivity contribution in [1.29, 1.82) is 0 Å². The number of rotatable bonds is 8. The van der Waals surface area contributed by atoms with Crippen LogP contribution in [0.2, 0.25) is 0 Å². The van der Waals surface area contributed by atoms with Crippen LogP contribution < -0.4 is 20.3 Å². The predicted octanol–water partition coefficient (Wildman–Crippen LogP) is 1.14. The summed E-state index contributed by atoms with van der Waals surface area (Å²) in [5.74, 6) is -0.809. The third-order valence-electron chi connectivity index (χ3n) is 4.45. The number of carboxylic acid groups (broad SMARTS) is 1. The predicted molar refractivity (Wildman–Crippen MR) is 106 cm³/mol.